The summed E-state index contributed by atoms with van der Waals surface area (Å²) >= 11 is 1.41. The van der Waals surface area contributed by atoms with E-state index in [9.17, 15) is 0 Å². The van der Waals surface area contributed by atoms with E-state index in [0.29, 0.717) is 11.6 Å². The Kier molecular flexibility index (Phi) is 3.28. The van der Waals surface area contributed by atoms with Crippen molar-refractivity contribution in [3.05, 3.63) is 30.5 Å². The maximum atomic E-state index is 5.30. The molecule has 16 heavy (non-hydrogen) atoms. The van der Waals surface area contributed by atoms with Crippen LogP contribution in [0, 0.1) is 6.92 Å². The smallest absolute Gasteiger partial charge is 0.144 e. The second-order valence-electron chi connectivity index (χ2n) is 2.93. The van der Waals surface area contributed by atoms with Gasteiger partial charge in [0.25, 0.3) is 0 Å². The molecule has 0 unspecified atom stereocenters. The number of aromatic nitrogens is 4. The normalized spacial score (nSPS) is 10.1. The van der Waals surface area contributed by atoms with Gasteiger partial charge in [-0.15, -0.1) is 0 Å². The third-order valence-electron chi connectivity index (χ3n) is 1.71. The summed E-state index contributed by atoms with van der Waals surface area (Å²) in [6.45, 7) is 1.81. The highest BCUT2D eigenvalue weighted by molar-refractivity contribution is 7.99. The van der Waals surface area contributed by atoms with Crippen molar-refractivity contribution in [2.24, 2.45) is 5.84 Å². The summed E-state index contributed by atoms with van der Waals surface area (Å²) in [4.78, 5) is 16.5. The number of hydrogen-bond donors (Lipinski definition) is 2. The number of anilines is 1. The first-order chi connectivity index (χ1) is 7.78. The topological polar surface area (TPSA) is 89.6 Å². The molecule has 0 radical (unpaired) electrons. The zero-order valence-corrected chi connectivity index (χ0v) is 9.40. The average Bonchev–Trinajstić information content (AvgIpc) is 2.29. The van der Waals surface area contributed by atoms with Crippen molar-refractivity contribution in [2.45, 2.75) is 17.0 Å². The highest BCUT2D eigenvalue weighted by atomic mass is 32.2. The number of nitrogens with two attached hydrogens (primary N) is 1. The van der Waals surface area contributed by atoms with Gasteiger partial charge in [-0.05, 0) is 18.7 Å². The van der Waals surface area contributed by atoms with Crippen LogP contribution in [-0.4, -0.2) is 19.9 Å². The molecular weight excluding hydrogens is 224 g/mol. The fraction of sp³-hybridized carbons (Fsp3) is 0.111. The fourth-order valence-electron chi connectivity index (χ4n) is 1.11. The van der Waals surface area contributed by atoms with Crippen LogP contribution in [0.2, 0.25) is 0 Å². The standard InChI is InChI=1S/C9H10N6S/c1-6-13-7(15-10)4-8(14-6)16-9-5-11-2-3-12-9/h2-5H,10H2,1H3,(H,13,14,15). The molecule has 0 amide bonds. The number of rotatable bonds is 3. The molecule has 0 atom stereocenters. The predicted octanol–water partition coefficient (Wildman–Crippen LogP) is 1.01. The van der Waals surface area contributed by atoms with Gasteiger partial charge in [0.15, 0.2) is 0 Å². The lowest BCUT2D eigenvalue weighted by molar-refractivity contribution is 0.958. The minimum atomic E-state index is 0.582. The summed E-state index contributed by atoms with van der Waals surface area (Å²) in [7, 11) is 0. The summed E-state index contributed by atoms with van der Waals surface area (Å²) in [5.74, 6) is 6.54. The molecule has 0 saturated carbocycles. The van der Waals surface area contributed by atoms with Crippen molar-refractivity contribution in [3.63, 3.8) is 0 Å². The number of nitrogens with one attached hydrogen (secondary N) is 1. The second kappa shape index (κ2) is 4.86. The van der Waals surface area contributed by atoms with Gasteiger partial charge in [0.1, 0.15) is 21.7 Å². The number of nitrogen functional groups attached to an aromatic ring is 1. The summed E-state index contributed by atoms with van der Waals surface area (Å²) in [5.41, 5.74) is 2.49. The average molecular weight is 234 g/mol. The Balaban J connectivity index is 2.24. The number of hydrogen-bond acceptors (Lipinski definition) is 7. The molecular formula is C9H10N6S. The van der Waals surface area contributed by atoms with E-state index < -0.39 is 0 Å². The van der Waals surface area contributed by atoms with Crippen molar-refractivity contribution in [1.82, 2.24) is 19.9 Å². The van der Waals surface area contributed by atoms with E-state index in [-0.39, 0.29) is 0 Å². The molecule has 7 heteroatoms. The third kappa shape index (κ3) is 2.65. The number of aryl methyl sites for hydroxylation is 1. The lowest BCUT2D eigenvalue weighted by Gasteiger charge is -2.03. The van der Waals surface area contributed by atoms with Crippen LogP contribution >= 0.6 is 11.8 Å². The Labute approximate surface area is 96.7 Å². The number of nitrogens with zero attached hydrogens (tertiary/aromatic N) is 4. The van der Waals surface area contributed by atoms with E-state index in [4.69, 9.17) is 5.84 Å². The monoisotopic (exact) mass is 234 g/mol. The molecule has 0 bridgehead atoms. The minimum absolute atomic E-state index is 0.582. The zero-order chi connectivity index (χ0) is 11.4. The van der Waals surface area contributed by atoms with Crippen LogP contribution in [0.5, 0.6) is 0 Å². The summed E-state index contributed by atoms with van der Waals surface area (Å²) in [6.07, 6.45) is 4.94. The molecule has 0 aliphatic rings. The second-order valence-corrected chi connectivity index (χ2v) is 3.97. The highest BCUT2D eigenvalue weighted by Crippen LogP contribution is 2.24. The van der Waals surface area contributed by atoms with Crippen molar-refractivity contribution in [1.29, 1.82) is 0 Å². The van der Waals surface area contributed by atoms with E-state index >= 15 is 0 Å². The molecule has 0 aromatic carbocycles. The molecule has 0 aliphatic carbocycles. The lowest BCUT2D eigenvalue weighted by atomic mass is 10.5. The summed E-state index contributed by atoms with van der Waals surface area (Å²) in [5, 5.41) is 1.56. The first-order valence-corrected chi connectivity index (χ1v) is 5.36. The van der Waals surface area contributed by atoms with Crippen LogP contribution in [0.1, 0.15) is 5.82 Å². The Bertz CT molecular complexity index is 475. The SMILES string of the molecule is Cc1nc(NN)cc(Sc2cnccn2)n1. The maximum Gasteiger partial charge on any atom is 0.144 e. The molecule has 0 saturated heterocycles. The molecule has 0 spiro atoms. The third-order valence-corrected chi connectivity index (χ3v) is 2.55. The molecule has 82 valence electrons. The first-order valence-electron chi connectivity index (χ1n) is 4.54. The Morgan fingerprint density at radius 2 is 2.12 bits per heavy atom. The van der Waals surface area contributed by atoms with Crippen LogP contribution in [0.3, 0.4) is 0 Å². The minimum Gasteiger partial charge on any atom is -0.308 e. The Morgan fingerprint density at radius 3 is 2.81 bits per heavy atom. The van der Waals surface area contributed by atoms with Gasteiger partial charge in [-0.1, -0.05) is 0 Å². The quantitative estimate of drug-likeness (QED) is 0.465. The molecule has 0 aliphatic heterocycles. The van der Waals surface area contributed by atoms with Crippen molar-refractivity contribution >= 4 is 17.6 Å². The van der Waals surface area contributed by atoms with E-state index in [1.54, 1.807) is 24.7 Å². The van der Waals surface area contributed by atoms with Gasteiger partial charge >= 0.3 is 0 Å². The van der Waals surface area contributed by atoms with Gasteiger partial charge in [-0.3, -0.25) is 4.98 Å². The Morgan fingerprint density at radius 1 is 1.25 bits per heavy atom. The van der Waals surface area contributed by atoms with E-state index in [2.05, 4.69) is 25.4 Å². The van der Waals surface area contributed by atoms with Crippen LogP contribution in [0.15, 0.2) is 34.7 Å². The highest BCUT2D eigenvalue weighted by Gasteiger charge is 2.03. The molecule has 0 fully saturated rings. The molecule has 2 heterocycles. The molecule has 2 aromatic heterocycles. The van der Waals surface area contributed by atoms with Gasteiger partial charge in [-0.25, -0.2) is 20.8 Å². The summed E-state index contributed by atoms with van der Waals surface area (Å²) < 4.78 is 0. The lowest BCUT2D eigenvalue weighted by Crippen LogP contribution is -2.09. The Hall–Kier alpha value is -1.73. The van der Waals surface area contributed by atoms with E-state index in [1.165, 1.54) is 11.8 Å². The van der Waals surface area contributed by atoms with Crippen molar-refractivity contribution in [3.8, 4) is 0 Å². The van der Waals surface area contributed by atoms with Gasteiger partial charge in [-0.2, -0.15) is 0 Å². The van der Waals surface area contributed by atoms with Gasteiger partial charge in [0, 0.05) is 18.5 Å². The van der Waals surface area contributed by atoms with Crippen molar-refractivity contribution in [2.75, 3.05) is 5.43 Å². The fourth-order valence-corrected chi connectivity index (χ4v) is 1.90. The van der Waals surface area contributed by atoms with E-state index in [0.717, 1.165) is 10.1 Å². The van der Waals surface area contributed by atoms with E-state index in [1.807, 2.05) is 6.92 Å². The van der Waals surface area contributed by atoms with Gasteiger partial charge in [0.2, 0.25) is 0 Å². The van der Waals surface area contributed by atoms with Crippen molar-refractivity contribution < 1.29 is 0 Å². The van der Waals surface area contributed by atoms with Crippen LogP contribution < -0.4 is 11.3 Å². The van der Waals surface area contributed by atoms with Crippen LogP contribution in [-0.2, 0) is 0 Å². The molecule has 2 aromatic rings. The number of hydrazine groups is 1. The van der Waals surface area contributed by atoms with Gasteiger partial charge < -0.3 is 5.43 Å². The first kappa shape index (κ1) is 10.8. The molecule has 2 rings (SSSR count). The maximum absolute atomic E-state index is 5.30. The summed E-state index contributed by atoms with van der Waals surface area (Å²) in [6, 6.07) is 1.76. The zero-order valence-electron chi connectivity index (χ0n) is 8.58. The largest absolute Gasteiger partial charge is 0.308 e. The molecule has 3 N–H and O–H groups in total. The van der Waals surface area contributed by atoms with Crippen LogP contribution in [0.25, 0.3) is 0 Å². The van der Waals surface area contributed by atoms with Gasteiger partial charge in [0.05, 0.1) is 6.20 Å². The predicted molar refractivity (Wildman–Crippen MR) is 60.7 cm³/mol. The molecule has 6 nitrogen and oxygen atoms in total. The van der Waals surface area contributed by atoms with Crippen LogP contribution in [0.4, 0.5) is 5.82 Å².